The molecule has 9 heteroatoms. The average molecular weight is 390 g/mol. The molecule has 0 aliphatic carbocycles. The minimum absolute atomic E-state index is 0.151. The lowest BCUT2D eigenvalue weighted by Gasteiger charge is -2.12. The highest BCUT2D eigenvalue weighted by Crippen LogP contribution is 2.31. The van der Waals surface area contributed by atoms with E-state index in [0.29, 0.717) is 21.6 Å². The van der Waals surface area contributed by atoms with Crippen molar-refractivity contribution < 1.29 is 9.53 Å². The van der Waals surface area contributed by atoms with Crippen LogP contribution in [0.2, 0.25) is 5.02 Å². The summed E-state index contributed by atoms with van der Waals surface area (Å²) >= 11 is 7.33. The summed E-state index contributed by atoms with van der Waals surface area (Å²) in [4.78, 5) is 12.3. The van der Waals surface area contributed by atoms with Crippen molar-refractivity contribution in [2.24, 2.45) is 0 Å². The number of thioether (sulfide) groups is 1. The molecule has 1 heterocycles. The molecule has 0 atom stereocenters. The van der Waals surface area contributed by atoms with Crippen LogP contribution < -0.4 is 10.1 Å². The first kappa shape index (κ1) is 18.2. The first-order valence-corrected chi connectivity index (χ1v) is 9.05. The minimum atomic E-state index is -0.197. The third-order valence-corrected chi connectivity index (χ3v) is 4.86. The highest BCUT2D eigenvalue weighted by atomic mass is 35.5. The largest absolute Gasteiger partial charge is 0.495 e. The maximum Gasteiger partial charge on any atom is 0.234 e. The molecule has 0 spiro atoms. The minimum Gasteiger partial charge on any atom is -0.495 e. The van der Waals surface area contributed by atoms with Gasteiger partial charge >= 0.3 is 0 Å². The number of tetrazole rings is 1. The molecule has 0 unspecified atom stereocenters. The lowest BCUT2D eigenvalue weighted by atomic mass is 10.2. The lowest BCUT2D eigenvalue weighted by molar-refractivity contribution is -0.113. The second kappa shape index (κ2) is 8.20. The van der Waals surface area contributed by atoms with Crippen LogP contribution in [-0.4, -0.2) is 39.0 Å². The van der Waals surface area contributed by atoms with Crippen LogP contribution in [0.5, 0.6) is 5.75 Å². The van der Waals surface area contributed by atoms with E-state index in [1.165, 1.54) is 18.9 Å². The topological polar surface area (TPSA) is 81.9 Å². The van der Waals surface area contributed by atoms with Gasteiger partial charge in [0.05, 0.1) is 24.2 Å². The van der Waals surface area contributed by atoms with Gasteiger partial charge in [0.2, 0.25) is 11.1 Å². The third kappa shape index (κ3) is 4.14. The number of hydrogen-bond acceptors (Lipinski definition) is 6. The van der Waals surface area contributed by atoms with Crippen molar-refractivity contribution in [3.05, 3.63) is 53.1 Å². The number of halogens is 1. The molecule has 1 N–H and O–H groups in total. The Bertz CT molecular complexity index is 917. The Morgan fingerprint density at radius 1 is 1.31 bits per heavy atom. The third-order valence-electron chi connectivity index (χ3n) is 3.53. The van der Waals surface area contributed by atoms with Crippen LogP contribution in [0, 0.1) is 6.92 Å². The van der Waals surface area contributed by atoms with E-state index in [0.717, 1.165) is 11.3 Å². The number of ether oxygens (including phenoxy) is 1. The van der Waals surface area contributed by atoms with Crippen LogP contribution in [-0.2, 0) is 4.79 Å². The summed E-state index contributed by atoms with van der Waals surface area (Å²) in [5.41, 5.74) is 2.25. The molecule has 0 aliphatic heterocycles. The van der Waals surface area contributed by atoms with Crippen LogP contribution in [0.1, 0.15) is 5.56 Å². The van der Waals surface area contributed by atoms with Crippen LogP contribution in [0.15, 0.2) is 47.6 Å². The van der Waals surface area contributed by atoms with Crippen LogP contribution in [0.25, 0.3) is 5.69 Å². The summed E-state index contributed by atoms with van der Waals surface area (Å²) in [5, 5.41) is 15.6. The fourth-order valence-corrected chi connectivity index (χ4v) is 3.09. The number of nitrogens with one attached hydrogen (secondary N) is 1. The number of anilines is 1. The van der Waals surface area contributed by atoms with E-state index in [9.17, 15) is 4.79 Å². The molecule has 1 amide bonds. The van der Waals surface area contributed by atoms with Gasteiger partial charge < -0.3 is 10.1 Å². The van der Waals surface area contributed by atoms with Gasteiger partial charge in [0, 0.05) is 11.1 Å². The fraction of sp³-hybridized carbons (Fsp3) is 0.176. The quantitative estimate of drug-likeness (QED) is 0.651. The summed E-state index contributed by atoms with van der Waals surface area (Å²) < 4.78 is 6.86. The summed E-state index contributed by atoms with van der Waals surface area (Å²) in [6, 6.07) is 12.9. The maximum atomic E-state index is 12.3. The molecule has 1 aromatic heterocycles. The number of benzene rings is 2. The second-order valence-corrected chi connectivity index (χ2v) is 6.70. The Morgan fingerprint density at radius 2 is 2.08 bits per heavy atom. The van der Waals surface area contributed by atoms with Gasteiger partial charge in [-0.05, 0) is 41.1 Å². The molecule has 7 nitrogen and oxygen atoms in total. The van der Waals surface area contributed by atoms with Gasteiger partial charge in [0.25, 0.3) is 0 Å². The van der Waals surface area contributed by atoms with Crippen LogP contribution in [0.4, 0.5) is 5.69 Å². The van der Waals surface area contributed by atoms with Gasteiger partial charge in [-0.1, -0.05) is 41.6 Å². The first-order chi connectivity index (χ1) is 12.6. The summed E-state index contributed by atoms with van der Waals surface area (Å²) in [6.07, 6.45) is 0. The number of hydrogen-bond donors (Lipinski definition) is 1. The predicted molar refractivity (Wildman–Crippen MR) is 101 cm³/mol. The van der Waals surface area contributed by atoms with Crippen molar-refractivity contribution in [2.75, 3.05) is 18.2 Å². The molecule has 2 aromatic carbocycles. The zero-order valence-corrected chi connectivity index (χ0v) is 15.7. The Morgan fingerprint density at radius 3 is 2.81 bits per heavy atom. The molecule has 3 rings (SSSR count). The molecule has 3 aromatic rings. The van der Waals surface area contributed by atoms with Crippen molar-refractivity contribution in [2.45, 2.75) is 12.1 Å². The van der Waals surface area contributed by atoms with E-state index < -0.39 is 0 Å². The van der Waals surface area contributed by atoms with Gasteiger partial charge in [-0.3, -0.25) is 4.79 Å². The zero-order chi connectivity index (χ0) is 18.5. The first-order valence-electron chi connectivity index (χ1n) is 7.69. The number of rotatable bonds is 6. The zero-order valence-electron chi connectivity index (χ0n) is 14.1. The molecular weight excluding hydrogens is 374 g/mol. The Labute approximate surface area is 159 Å². The number of amides is 1. The van der Waals surface area contributed by atoms with Crippen LogP contribution in [0.3, 0.4) is 0 Å². The molecule has 0 bridgehead atoms. The van der Waals surface area contributed by atoms with Crippen molar-refractivity contribution in [3.8, 4) is 11.4 Å². The summed E-state index contributed by atoms with van der Waals surface area (Å²) in [5.74, 6) is 0.462. The van der Waals surface area contributed by atoms with Crippen molar-refractivity contribution >= 4 is 35.0 Å². The number of para-hydroxylation sites is 1. The van der Waals surface area contributed by atoms with E-state index in [1.807, 2.05) is 37.3 Å². The van der Waals surface area contributed by atoms with Crippen LogP contribution >= 0.6 is 23.4 Å². The average Bonchev–Trinajstić information content (AvgIpc) is 3.12. The molecule has 0 saturated carbocycles. The summed E-state index contributed by atoms with van der Waals surface area (Å²) in [6.45, 7) is 1.86. The number of nitrogens with zero attached hydrogens (tertiary/aromatic N) is 4. The van der Waals surface area contributed by atoms with E-state index in [2.05, 4.69) is 20.8 Å². The van der Waals surface area contributed by atoms with E-state index >= 15 is 0 Å². The number of carbonyl (C=O) groups excluding carboxylic acids is 1. The monoisotopic (exact) mass is 389 g/mol. The highest BCUT2D eigenvalue weighted by Gasteiger charge is 2.14. The number of carbonyl (C=O) groups is 1. The molecule has 0 aliphatic rings. The van der Waals surface area contributed by atoms with Crippen molar-refractivity contribution in [1.29, 1.82) is 0 Å². The molecular formula is C17H16ClN5O2S. The number of methoxy groups -OCH3 is 1. The van der Waals surface area contributed by atoms with Gasteiger partial charge in [0.15, 0.2) is 0 Å². The number of aryl methyl sites for hydroxylation is 1. The van der Waals surface area contributed by atoms with Gasteiger partial charge in [-0.15, -0.1) is 5.10 Å². The fourth-order valence-electron chi connectivity index (χ4n) is 2.25. The van der Waals surface area contributed by atoms with Gasteiger partial charge in [-0.2, -0.15) is 4.68 Å². The Kier molecular flexibility index (Phi) is 5.75. The lowest BCUT2D eigenvalue weighted by Crippen LogP contribution is -2.15. The van der Waals surface area contributed by atoms with Gasteiger partial charge in [0.1, 0.15) is 5.75 Å². The Hall–Kier alpha value is -2.58. The number of aromatic nitrogens is 4. The van der Waals surface area contributed by atoms with Gasteiger partial charge in [-0.25, -0.2) is 0 Å². The normalized spacial score (nSPS) is 10.6. The maximum absolute atomic E-state index is 12.3. The highest BCUT2D eigenvalue weighted by molar-refractivity contribution is 7.99. The van der Waals surface area contributed by atoms with Crippen molar-refractivity contribution in [1.82, 2.24) is 20.2 Å². The molecule has 26 heavy (non-hydrogen) atoms. The SMILES string of the molecule is COc1cc(Cl)c(C)cc1NC(=O)CSc1nnnn1-c1ccccc1. The van der Waals surface area contributed by atoms with E-state index in [4.69, 9.17) is 16.3 Å². The van der Waals surface area contributed by atoms with E-state index in [1.54, 1.807) is 16.8 Å². The predicted octanol–water partition coefficient (Wildman–Crippen LogP) is 3.36. The molecule has 0 fully saturated rings. The smallest absolute Gasteiger partial charge is 0.234 e. The Balaban J connectivity index is 1.68. The molecule has 134 valence electrons. The second-order valence-electron chi connectivity index (χ2n) is 5.35. The van der Waals surface area contributed by atoms with E-state index in [-0.39, 0.29) is 11.7 Å². The summed E-state index contributed by atoms with van der Waals surface area (Å²) in [7, 11) is 1.53. The molecule has 0 radical (unpaired) electrons. The van der Waals surface area contributed by atoms with Crippen molar-refractivity contribution in [3.63, 3.8) is 0 Å². The molecule has 0 saturated heterocycles. The standard InChI is InChI=1S/C17H16ClN5O2S/c1-11-8-14(15(25-2)9-13(11)18)19-16(24)10-26-17-20-21-22-23(17)12-6-4-3-5-7-12/h3-9H,10H2,1-2H3,(H,19,24).